The van der Waals surface area contributed by atoms with Gasteiger partial charge in [0.05, 0.1) is 9.58 Å². The third-order valence-corrected chi connectivity index (χ3v) is 5.67. The Bertz CT molecular complexity index is 973. The predicted molar refractivity (Wildman–Crippen MR) is 102 cm³/mol. The topological polar surface area (TPSA) is 54.0 Å². The number of thiophene rings is 1. The molecule has 120 valence electrons. The van der Waals surface area contributed by atoms with Crippen molar-refractivity contribution < 1.29 is 4.79 Å². The predicted octanol–water partition coefficient (Wildman–Crippen LogP) is 4.35. The number of anilines is 1. The number of fused-ring (bicyclic) bond motifs is 2. The largest absolute Gasteiger partial charge is 0.367 e. The van der Waals surface area contributed by atoms with Gasteiger partial charge in [-0.05, 0) is 41.2 Å². The molecule has 4 nitrogen and oxygen atoms in total. The molecule has 0 aliphatic heterocycles. The van der Waals surface area contributed by atoms with Crippen molar-refractivity contribution in [3.63, 3.8) is 0 Å². The van der Waals surface area contributed by atoms with Gasteiger partial charge in [-0.15, -0.1) is 11.3 Å². The smallest absolute Gasteiger partial charge is 0.261 e. The molecule has 2 aromatic carbocycles. The third kappa shape index (κ3) is 2.98. The number of hydrogen-bond donors (Lipinski definition) is 2. The Labute approximate surface area is 147 Å². The molecule has 0 atom stereocenters. The van der Waals surface area contributed by atoms with E-state index in [-0.39, 0.29) is 5.91 Å². The highest BCUT2D eigenvalue weighted by Crippen LogP contribution is 2.26. The van der Waals surface area contributed by atoms with Crippen molar-refractivity contribution in [2.75, 3.05) is 18.4 Å². The molecule has 0 aliphatic carbocycles. The van der Waals surface area contributed by atoms with Crippen LogP contribution in [0.4, 0.5) is 5.82 Å². The van der Waals surface area contributed by atoms with E-state index in [1.54, 1.807) is 0 Å². The first kappa shape index (κ1) is 15.1. The van der Waals surface area contributed by atoms with E-state index in [1.165, 1.54) is 22.9 Å². The van der Waals surface area contributed by atoms with Crippen LogP contribution in [0.2, 0.25) is 0 Å². The van der Waals surface area contributed by atoms with E-state index in [1.807, 2.05) is 42.5 Å². The van der Waals surface area contributed by atoms with Crippen LogP contribution in [0.15, 0.2) is 54.6 Å². The van der Waals surface area contributed by atoms with E-state index in [9.17, 15) is 4.79 Å². The molecule has 4 aromatic rings. The Hall–Kier alpha value is -2.44. The molecule has 0 saturated heterocycles. The summed E-state index contributed by atoms with van der Waals surface area (Å²) in [5.74, 6) is 0.854. The molecular weight excluding hydrogens is 338 g/mol. The van der Waals surface area contributed by atoms with Gasteiger partial charge in [-0.25, -0.2) is 0 Å². The number of carbonyl (C=O) groups excluding carboxylic acids is 1. The van der Waals surface area contributed by atoms with Crippen molar-refractivity contribution in [3.05, 3.63) is 59.5 Å². The Morgan fingerprint density at radius 3 is 2.67 bits per heavy atom. The van der Waals surface area contributed by atoms with E-state index in [0.717, 1.165) is 30.9 Å². The van der Waals surface area contributed by atoms with Crippen LogP contribution in [-0.2, 0) is 0 Å². The van der Waals surface area contributed by atoms with E-state index in [0.29, 0.717) is 13.1 Å². The molecule has 1 amide bonds. The molecule has 2 aromatic heterocycles. The average Bonchev–Trinajstić information content (AvgIpc) is 3.23. The van der Waals surface area contributed by atoms with Gasteiger partial charge in [0.25, 0.3) is 5.91 Å². The highest BCUT2D eigenvalue weighted by atomic mass is 32.1. The minimum atomic E-state index is -0.0267. The third-order valence-electron chi connectivity index (χ3n) is 3.73. The molecule has 0 bridgehead atoms. The van der Waals surface area contributed by atoms with Gasteiger partial charge >= 0.3 is 0 Å². The molecule has 0 spiro atoms. The summed E-state index contributed by atoms with van der Waals surface area (Å²) in [4.78, 5) is 13.0. The van der Waals surface area contributed by atoms with Gasteiger partial charge in [0.1, 0.15) is 5.82 Å². The highest BCUT2D eigenvalue weighted by molar-refractivity contribution is 7.20. The fourth-order valence-electron chi connectivity index (χ4n) is 2.55. The normalized spacial score (nSPS) is 11.0. The standard InChI is InChI=1S/C18H15N3OS2/c22-18(16-11-12-5-1-3-7-14(12)23-16)20-10-9-19-17-13-6-2-4-8-15(13)24-21-17/h1-8,11H,9-10H2,(H,19,21)(H,20,22). The molecule has 0 fully saturated rings. The van der Waals surface area contributed by atoms with Crippen molar-refractivity contribution in [1.29, 1.82) is 0 Å². The number of carbonyl (C=O) groups is 1. The number of hydrogen-bond acceptors (Lipinski definition) is 5. The minimum absolute atomic E-state index is 0.0267. The molecule has 4 rings (SSSR count). The fourth-order valence-corrected chi connectivity index (χ4v) is 4.29. The summed E-state index contributed by atoms with van der Waals surface area (Å²) in [5.41, 5.74) is 0. The maximum atomic E-state index is 12.2. The molecule has 0 aliphatic rings. The second-order valence-electron chi connectivity index (χ2n) is 5.36. The zero-order valence-electron chi connectivity index (χ0n) is 12.8. The number of nitrogens with one attached hydrogen (secondary N) is 2. The van der Waals surface area contributed by atoms with E-state index >= 15 is 0 Å². The SMILES string of the molecule is O=C(NCCNc1nsc2ccccc12)c1cc2ccccc2s1. The molecule has 6 heteroatoms. The molecule has 24 heavy (non-hydrogen) atoms. The van der Waals surface area contributed by atoms with Gasteiger partial charge in [0.15, 0.2) is 0 Å². The van der Waals surface area contributed by atoms with Crippen molar-refractivity contribution >= 4 is 54.8 Å². The zero-order chi connectivity index (χ0) is 16.4. The Morgan fingerprint density at radius 1 is 1.00 bits per heavy atom. The molecule has 0 radical (unpaired) electrons. The van der Waals surface area contributed by atoms with Crippen molar-refractivity contribution in [2.45, 2.75) is 0 Å². The van der Waals surface area contributed by atoms with Crippen LogP contribution in [-0.4, -0.2) is 23.4 Å². The molecule has 0 saturated carbocycles. The van der Waals surface area contributed by atoms with Crippen LogP contribution < -0.4 is 10.6 Å². The summed E-state index contributed by atoms with van der Waals surface area (Å²) in [6.45, 7) is 1.20. The molecule has 0 unspecified atom stereocenters. The molecule has 2 N–H and O–H groups in total. The van der Waals surface area contributed by atoms with Crippen LogP contribution in [0.5, 0.6) is 0 Å². The van der Waals surface area contributed by atoms with Crippen LogP contribution in [0.25, 0.3) is 20.2 Å². The number of benzene rings is 2. The van der Waals surface area contributed by atoms with E-state index in [4.69, 9.17) is 0 Å². The quantitative estimate of drug-likeness (QED) is 0.524. The van der Waals surface area contributed by atoms with Crippen LogP contribution in [0.1, 0.15) is 9.67 Å². The van der Waals surface area contributed by atoms with Crippen molar-refractivity contribution in [1.82, 2.24) is 9.69 Å². The fraction of sp³-hybridized carbons (Fsp3) is 0.111. The Morgan fingerprint density at radius 2 is 1.79 bits per heavy atom. The first-order valence-corrected chi connectivity index (χ1v) is 9.25. The lowest BCUT2D eigenvalue weighted by Crippen LogP contribution is -2.28. The van der Waals surface area contributed by atoms with Crippen LogP contribution in [0, 0.1) is 0 Å². The lowest BCUT2D eigenvalue weighted by atomic mass is 10.2. The van der Waals surface area contributed by atoms with Gasteiger partial charge in [0.2, 0.25) is 0 Å². The first-order valence-electron chi connectivity index (χ1n) is 7.66. The monoisotopic (exact) mass is 353 g/mol. The number of rotatable bonds is 5. The second kappa shape index (κ2) is 6.59. The summed E-state index contributed by atoms with van der Waals surface area (Å²) < 4.78 is 6.71. The van der Waals surface area contributed by atoms with E-state index < -0.39 is 0 Å². The van der Waals surface area contributed by atoms with Gasteiger partial charge in [-0.2, -0.15) is 4.37 Å². The lowest BCUT2D eigenvalue weighted by Gasteiger charge is -2.05. The van der Waals surface area contributed by atoms with Gasteiger partial charge < -0.3 is 10.6 Å². The lowest BCUT2D eigenvalue weighted by molar-refractivity contribution is 0.0959. The van der Waals surface area contributed by atoms with Gasteiger partial charge in [-0.1, -0.05) is 30.3 Å². The maximum absolute atomic E-state index is 12.2. The molecular formula is C18H15N3OS2. The average molecular weight is 353 g/mol. The van der Waals surface area contributed by atoms with Crippen molar-refractivity contribution in [3.8, 4) is 0 Å². The first-order chi connectivity index (χ1) is 11.8. The highest BCUT2D eigenvalue weighted by Gasteiger charge is 2.09. The summed E-state index contributed by atoms with van der Waals surface area (Å²) in [6, 6.07) is 18.1. The van der Waals surface area contributed by atoms with Crippen LogP contribution in [0.3, 0.4) is 0 Å². The van der Waals surface area contributed by atoms with Gasteiger partial charge in [0, 0.05) is 23.2 Å². The van der Waals surface area contributed by atoms with Crippen LogP contribution >= 0.6 is 22.9 Å². The summed E-state index contributed by atoms with van der Waals surface area (Å²) in [5, 5.41) is 8.48. The maximum Gasteiger partial charge on any atom is 0.261 e. The van der Waals surface area contributed by atoms with Crippen molar-refractivity contribution in [2.24, 2.45) is 0 Å². The number of aromatic nitrogens is 1. The minimum Gasteiger partial charge on any atom is -0.367 e. The Balaban J connectivity index is 1.34. The summed E-state index contributed by atoms with van der Waals surface area (Å²) in [6.07, 6.45) is 0. The van der Waals surface area contributed by atoms with Gasteiger partial charge in [-0.3, -0.25) is 4.79 Å². The molecule has 2 heterocycles. The number of amides is 1. The summed E-state index contributed by atoms with van der Waals surface area (Å²) >= 11 is 3.00. The number of nitrogens with zero attached hydrogens (tertiary/aromatic N) is 1. The Kier molecular flexibility index (Phi) is 4.15. The zero-order valence-corrected chi connectivity index (χ0v) is 14.4. The van der Waals surface area contributed by atoms with E-state index in [2.05, 4.69) is 27.1 Å². The second-order valence-corrected chi connectivity index (χ2v) is 7.25. The summed E-state index contributed by atoms with van der Waals surface area (Å²) in [7, 11) is 0.